The predicted molar refractivity (Wildman–Crippen MR) is 67.1 cm³/mol. The Bertz CT molecular complexity index is 235. The van der Waals surface area contributed by atoms with Gasteiger partial charge < -0.3 is 24.6 Å². The number of nitrogens with one attached hydrogen (secondary N) is 1. The molecule has 1 rings (SSSR count). The van der Waals surface area contributed by atoms with Gasteiger partial charge in [0.2, 0.25) is 0 Å². The third kappa shape index (κ3) is 5.77. The minimum Gasteiger partial charge on any atom is -0.462 e. The molecule has 0 spiro atoms. The summed E-state index contributed by atoms with van der Waals surface area (Å²) < 4.78 is 14.8. The van der Waals surface area contributed by atoms with E-state index in [0.29, 0.717) is 19.4 Å². The first-order valence-electron chi connectivity index (χ1n) is 5.92. The SMILES string of the molecule is CC(C)(C)OC=O.COC1(OC)CCNCC1O. The van der Waals surface area contributed by atoms with E-state index in [-0.39, 0.29) is 5.60 Å². The van der Waals surface area contributed by atoms with E-state index in [1.807, 2.05) is 20.8 Å². The molecule has 0 aliphatic carbocycles. The first-order valence-corrected chi connectivity index (χ1v) is 5.92. The van der Waals surface area contributed by atoms with Crippen LogP contribution in [0.2, 0.25) is 0 Å². The highest BCUT2D eigenvalue weighted by atomic mass is 16.7. The lowest BCUT2D eigenvalue weighted by molar-refractivity contribution is -0.267. The lowest BCUT2D eigenvalue weighted by atomic mass is 10.0. The Balaban J connectivity index is 0.000000360. The van der Waals surface area contributed by atoms with Gasteiger partial charge in [0, 0.05) is 33.7 Å². The van der Waals surface area contributed by atoms with Gasteiger partial charge in [-0.3, -0.25) is 4.79 Å². The van der Waals surface area contributed by atoms with Gasteiger partial charge in [-0.1, -0.05) is 0 Å². The highest BCUT2D eigenvalue weighted by Crippen LogP contribution is 2.22. The zero-order valence-corrected chi connectivity index (χ0v) is 11.9. The van der Waals surface area contributed by atoms with Crippen LogP contribution in [0.3, 0.4) is 0 Å². The monoisotopic (exact) mass is 263 g/mol. The van der Waals surface area contributed by atoms with Crippen LogP contribution in [0.25, 0.3) is 0 Å². The molecule has 0 aromatic rings. The van der Waals surface area contributed by atoms with E-state index >= 15 is 0 Å². The second kappa shape index (κ2) is 7.68. The first kappa shape index (κ1) is 17.3. The van der Waals surface area contributed by atoms with E-state index in [1.165, 1.54) is 0 Å². The molecular formula is C12H25NO5. The van der Waals surface area contributed by atoms with E-state index in [1.54, 1.807) is 14.2 Å². The molecule has 1 saturated heterocycles. The molecule has 0 aromatic carbocycles. The quantitative estimate of drug-likeness (QED) is 0.563. The van der Waals surface area contributed by atoms with Gasteiger partial charge in [0.15, 0.2) is 5.79 Å². The van der Waals surface area contributed by atoms with Crippen molar-refractivity contribution in [3.05, 3.63) is 0 Å². The molecule has 1 aliphatic heterocycles. The van der Waals surface area contributed by atoms with Crippen LogP contribution >= 0.6 is 0 Å². The van der Waals surface area contributed by atoms with Gasteiger partial charge in [0.05, 0.1) is 0 Å². The van der Waals surface area contributed by atoms with Crippen molar-refractivity contribution in [1.29, 1.82) is 0 Å². The van der Waals surface area contributed by atoms with Crippen LogP contribution in [0.15, 0.2) is 0 Å². The van der Waals surface area contributed by atoms with Crippen LogP contribution < -0.4 is 5.32 Å². The van der Waals surface area contributed by atoms with Gasteiger partial charge in [0.1, 0.15) is 11.7 Å². The Morgan fingerprint density at radius 3 is 2.11 bits per heavy atom. The summed E-state index contributed by atoms with van der Waals surface area (Å²) >= 11 is 0. The average molecular weight is 263 g/mol. The number of ether oxygens (including phenoxy) is 3. The Kier molecular flexibility index (Phi) is 7.39. The maximum Gasteiger partial charge on any atom is 0.293 e. The summed E-state index contributed by atoms with van der Waals surface area (Å²) in [4.78, 5) is 9.60. The van der Waals surface area contributed by atoms with Crippen LogP contribution in [-0.4, -0.2) is 56.4 Å². The zero-order valence-electron chi connectivity index (χ0n) is 11.9. The first-order chi connectivity index (χ1) is 8.31. The highest BCUT2D eigenvalue weighted by molar-refractivity contribution is 5.37. The van der Waals surface area contributed by atoms with Gasteiger partial charge >= 0.3 is 0 Å². The molecule has 1 aliphatic rings. The number of hydrogen-bond acceptors (Lipinski definition) is 6. The minimum atomic E-state index is -0.786. The van der Waals surface area contributed by atoms with Crippen molar-refractivity contribution in [2.24, 2.45) is 0 Å². The normalized spacial score (nSPS) is 22.7. The molecule has 0 saturated carbocycles. The number of β-amino-alcohol motifs (C(OH)–C–C–N with tert-alkyl or cyclic N) is 1. The van der Waals surface area contributed by atoms with Gasteiger partial charge in [-0.15, -0.1) is 0 Å². The van der Waals surface area contributed by atoms with E-state index < -0.39 is 11.9 Å². The fourth-order valence-electron chi connectivity index (χ4n) is 1.53. The van der Waals surface area contributed by atoms with Crippen molar-refractivity contribution in [3.63, 3.8) is 0 Å². The summed E-state index contributed by atoms with van der Waals surface area (Å²) in [5.74, 6) is -0.786. The predicted octanol–water partition coefficient (Wildman–Crippen LogP) is 0.288. The molecule has 6 nitrogen and oxygen atoms in total. The van der Waals surface area contributed by atoms with Crippen molar-refractivity contribution >= 4 is 6.47 Å². The smallest absolute Gasteiger partial charge is 0.293 e. The maximum absolute atomic E-state index is 9.60. The Morgan fingerprint density at radius 1 is 1.33 bits per heavy atom. The number of rotatable bonds is 3. The number of hydrogen-bond donors (Lipinski definition) is 2. The van der Waals surface area contributed by atoms with E-state index in [9.17, 15) is 9.90 Å². The number of aliphatic hydroxyl groups is 1. The summed E-state index contributed by atoms with van der Waals surface area (Å²) in [7, 11) is 3.11. The van der Waals surface area contributed by atoms with Crippen LogP contribution in [-0.2, 0) is 19.0 Å². The molecule has 0 aromatic heterocycles. The largest absolute Gasteiger partial charge is 0.462 e. The summed E-state index contributed by atoms with van der Waals surface area (Å²) in [6, 6.07) is 0. The second-order valence-corrected chi connectivity index (χ2v) is 5.02. The van der Waals surface area contributed by atoms with Crippen molar-refractivity contribution in [2.75, 3.05) is 27.3 Å². The molecule has 1 fully saturated rings. The second-order valence-electron chi connectivity index (χ2n) is 5.02. The molecule has 1 atom stereocenters. The number of methoxy groups -OCH3 is 2. The molecule has 2 N–H and O–H groups in total. The average Bonchev–Trinajstić information content (AvgIpc) is 2.29. The number of aliphatic hydroxyl groups excluding tert-OH is 1. The van der Waals surface area contributed by atoms with Gasteiger partial charge in [-0.2, -0.15) is 0 Å². The fraction of sp³-hybridized carbons (Fsp3) is 0.917. The van der Waals surface area contributed by atoms with Crippen molar-refractivity contribution in [3.8, 4) is 0 Å². The standard InChI is InChI=1S/C7H15NO3.C5H10O2/c1-10-7(11-2)3-4-8-5-6(7)9;1-5(2,3)7-4-6/h6,8-9H,3-5H2,1-2H3;4H,1-3H3. The number of piperidine rings is 1. The van der Waals surface area contributed by atoms with Crippen LogP contribution in [0.1, 0.15) is 27.2 Å². The fourth-order valence-corrected chi connectivity index (χ4v) is 1.53. The Hall–Kier alpha value is -0.690. The minimum absolute atomic E-state index is 0.318. The van der Waals surface area contributed by atoms with Gasteiger partial charge in [-0.25, -0.2) is 0 Å². The summed E-state index contributed by atoms with van der Waals surface area (Å²) in [5, 5.41) is 12.6. The number of carbonyl (C=O) groups is 1. The van der Waals surface area contributed by atoms with E-state index in [4.69, 9.17) is 9.47 Å². The third-order valence-corrected chi connectivity index (χ3v) is 2.59. The Morgan fingerprint density at radius 2 is 1.89 bits per heavy atom. The van der Waals surface area contributed by atoms with Crippen molar-refractivity contribution in [2.45, 2.75) is 44.7 Å². The molecule has 0 amide bonds. The summed E-state index contributed by atoms with van der Waals surface area (Å²) in [5.41, 5.74) is -0.318. The highest BCUT2D eigenvalue weighted by Gasteiger charge is 2.40. The molecule has 0 radical (unpaired) electrons. The van der Waals surface area contributed by atoms with Crippen LogP contribution in [0.5, 0.6) is 0 Å². The van der Waals surface area contributed by atoms with Crippen molar-refractivity contribution < 1.29 is 24.1 Å². The lowest BCUT2D eigenvalue weighted by Gasteiger charge is -2.38. The lowest BCUT2D eigenvalue weighted by Crippen LogP contribution is -2.56. The molecule has 0 bridgehead atoms. The summed E-state index contributed by atoms with van der Waals surface area (Å²) in [6.07, 6.45) is 0.104. The van der Waals surface area contributed by atoms with E-state index in [2.05, 4.69) is 10.1 Å². The number of carbonyl (C=O) groups excluding carboxylic acids is 1. The Labute approximate surface area is 109 Å². The third-order valence-electron chi connectivity index (χ3n) is 2.59. The molecule has 1 unspecified atom stereocenters. The van der Waals surface area contributed by atoms with E-state index in [0.717, 1.165) is 6.54 Å². The van der Waals surface area contributed by atoms with Crippen LogP contribution in [0, 0.1) is 0 Å². The molecule has 108 valence electrons. The summed E-state index contributed by atoms with van der Waals surface area (Å²) in [6.45, 7) is 7.27. The van der Waals surface area contributed by atoms with Crippen LogP contribution in [0.4, 0.5) is 0 Å². The van der Waals surface area contributed by atoms with Gasteiger partial charge in [-0.05, 0) is 20.8 Å². The molecule has 1 heterocycles. The molecule has 18 heavy (non-hydrogen) atoms. The topological polar surface area (TPSA) is 77.0 Å². The maximum atomic E-state index is 9.60. The molecular weight excluding hydrogens is 238 g/mol. The van der Waals surface area contributed by atoms with Gasteiger partial charge in [0.25, 0.3) is 6.47 Å². The van der Waals surface area contributed by atoms with Crippen molar-refractivity contribution in [1.82, 2.24) is 5.32 Å². The molecule has 6 heteroatoms. The zero-order chi connectivity index (χ0) is 14.2.